The van der Waals surface area contributed by atoms with E-state index in [2.05, 4.69) is 41.4 Å². The van der Waals surface area contributed by atoms with Crippen molar-refractivity contribution in [2.45, 2.75) is 19.5 Å². The molecule has 0 aromatic heterocycles. The van der Waals surface area contributed by atoms with Crippen LogP contribution in [0.3, 0.4) is 0 Å². The summed E-state index contributed by atoms with van der Waals surface area (Å²) in [5.74, 6) is 0. The van der Waals surface area contributed by atoms with Crippen molar-refractivity contribution < 1.29 is 4.79 Å². The Labute approximate surface area is 137 Å². The maximum atomic E-state index is 12.4. The van der Waals surface area contributed by atoms with E-state index in [1.54, 1.807) is 0 Å². The number of anilines is 1. The van der Waals surface area contributed by atoms with Gasteiger partial charge < -0.3 is 10.2 Å². The van der Waals surface area contributed by atoms with E-state index < -0.39 is 0 Å². The van der Waals surface area contributed by atoms with Gasteiger partial charge in [0.2, 0.25) is 0 Å². The summed E-state index contributed by atoms with van der Waals surface area (Å²) >= 11 is 0. The average Bonchev–Trinajstić information content (AvgIpc) is 2.58. The predicted octanol–water partition coefficient (Wildman–Crippen LogP) is 3.42. The van der Waals surface area contributed by atoms with E-state index in [1.165, 1.54) is 5.56 Å². The number of amides is 2. The molecule has 1 N–H and O–H groups in total. The predicted molar refractivity (Wildman–Crippen MR) is 93.3 cm³/mol. The normalized spacial score (nSPS) is 18.7. The largest absolute Gasteiger partial charge is 0.322 e. The quantitative estimate of drug-likeness (QED) is 0.943. The molecule has 2 aromatic rings. The summed E-state index contributed by atoms with van der Waals surface area (Å²) in [5.41, 5.74) is 2.17. The molecule has 0 radical (unpaired) electrons. The number of carbonyl (C=O) groups excluding carboxylic acids is 1. The van der Waals surface area contributed by atoms with Crippen LogP contribution in [0.25, 0.3) is 0 Å². The molecule has 0 saturated carbocycles. The molecule has 1 aliphatic heterocycles. The molecule has 1 aliphatic rings. The highest BCUT2D eigenvalue weighted by atomic mass is 16.2. The number of rotatable bonds is 3. The fraction of sp³-hybridized carbons (Fsp3) is 0.316. The lowest BCUT2D eigenvalue weighted by molar-refractivity contribution is 0.0975. The van der Waals surface area contributed by atoms with E-state index in [-0.39, 0.29) is 6.03 Å². The first kappa shape index (κ1) is 15.6. The SMILES string of the molecule is CC1CN(C(=O)Nc2ccccc2)CCN1Cc1ccccc1. The summed E-state index contributed by atoms with van der Waals surface area (Å²) in [6.07, 6.45) is 0. The topological polar surface area (TPSA) is 35.6 Å². The first-order chi connectivity index (χ1) is 11.2. The van der Waals surface area contributed by atoms with Gasteiger partial charge in [-0.2, -0.15) is 0 Å². The summed E-state index contributed by atoms with van der Waals surface area (Å²) in [5, 5.41) is 2.97. The summed E-state index contributed by atoms with van der Waals surface area (Å²) in [4.78, 5) is 16.7. The maximum Gasteiger partial charge on any atom is 0.321 e. The van der Waals surface area contributed by atoms with Crippen LogP contribution in [0.2, 0.25) is 0 Å². The standard InChI is InChI=1S/C19H23N3O/c1-16-14-22(19(23)20-18-10-6-3-7-11-18)13-12-21(16)15-17-8-4-2-5-9-17/h2-11,16H,12-15H2,1H3,(H,20,23). The number of piperazine rings is 1. The molecule has 1 unspecified atom stereocenters. The number of nitrogens with one attached hydrogen (secondary N) is 1. The third kappa shape index (κ3) is 4.11. The van der Waals surface area contributed by atoms with Crippen LogP contribution >= 0.6 is 0 Å². The van der Waals surface area contributed by atoms with E-state index in [1.807, 2.05) is 41.3 Å². The molecular weight excluding hydrogens is 286 g/mol. The fourth-order valence-corrected chi connectivity index (χ4v) is 2.96. The van der Waals surface area contributed by atoms with E-state index >= 15 is 0 Å². The van der Waals surface area contributed by atoms with Gasteiger partial charge in [-0.05, 0) is 24.6 Å². The van der Waals surface area contributed by atoms with Crippen molar-refractivity contribution in [3.05, 3.63) is 66.2 Å². The van der Waals surface area contributed by atoms with Gasteiger partial charge in [0, 0.05) is 37.9 Å². The monoisotopic (exact) mass is 309 g/mol. The Balaban J connectivity index is 1.54. The van der Waals surface area contributed by atoms with E-state index in [0.29, 0.717) is 6.04 Å². The zero-order valence-electron chi connectivity index (χ0n) is 13.5. The van der Waals surface area contributed by atoms with Crippen molar-refractivity contribution in [1.29, 1.82) is 0 Å². The molecule has 0 spiro atoms. The van der Waals surface area contributed by atoms with Crippen LogP contribution in [0, 0.1) is 0 Å². The molecule has 4 nitrogen and oxygen atoms in total. The van der Waals surface area contributed by atoms with Gasteiger partial charge in [-0.1, -0.05) is 48.5 Å². The molecular formula is C19H23N3O. The Morgan fingerprint density at radius 3 is 2.35 bits per heavy atom. The van der Waals surface area contributed by atoms with Gasteiger partial charge in [0.15, 0.2) is 0 Å². The Bertz CT molecular complexity index is 630. The zero-order valence-corrected chi connectivity index (χ0v) is 13.5. The van der Waals surface area contributed by atoms with Crippen LogP contribution in [0.4, 0.5) is 10.5 Å². The third-order valence-corrected chi connectivity index (χ3v) is 4.31. The Morgan fingerprint density at radius 2 is 1.70 bits per heavy atom. The minimum absolute atomic E-state index is 0.0117. The second-order valence-corrected chi connectivity index (χ2v) is 6.05. The lowest BCUT2D eigenvalue weighted by atomic mass is 10.1. The number of urea groups is 1. The minimum atomic E-state index is -0.0117. The van der Waals surface area contributed by atoms with Gasteiger partial charge in [-0.15, -0.1) is 0 Å². The van der Waals surface area contributed by atoms with Crippen molar-refractivity contribution in [3.8, 4) is 0 Å². The Kier molecular flexibility index (Phi) is 4.93. The van der Waals surface area contributed by atoms with Crippen molar-refractivity contribution in [1.82, 2.24) is 9.80 Å². The lowest BCUT2D eigenvalue weighted by Gasteiger charge is -2.39. The van der Waals surface area contributed by atoms with Gasteiger partial charge in [0.1, 0.15) is 0 Å². The summed E-state index contributed by atoms with van der Waals surface area (Å²) in [6.45, 7) is 5.54. The Hall–Kier alpha value is -2.33. The minimum Gasteiger partial charge on any atom is -0.322 e. The maximum absolute atomic E-state index is 12.4. The van der Waals surface area contributed by atoms with Crippen LogP contribution < -0.4 is 5.32 Å². The highest BCUT2D eigenvalue weighted by Crippen LogP contribution is 2.15. The van der Waals surface area contributed by atoms with Crippen molar-refractivity contribution in [2.75, 3.05) is 25.0 Å². The molecule has 120 valence electrons. The molecule has 2 amide bonds. The van der Waals surface area contributed by atoms with Crippen LogP contribution in [0.15, 0.2) is 60.7 Å². The smallest absolute Gasteiger partial charge is 0.321 e. The first-order valence-corrected chi connectivity index (χ1v) is 8.11. The van der Waals surface area contributed by atoms with Crippen LogP contribution in [0.1, 0.15) is 12.5 Å². The lowest BCUT2D eigenvalue weighted by Crippen LogP contribution is -2.54. The van der Waals surface area contributed by atoms with Crippen molar-refractivity contribution in [2.24, 2.45) is 0 Å². The highest BCUT2D eigenvalue weighted by Gasteiger charge is 2.26. The number of para-hydroxylation sites is 1. The molecule has 23 heavy (non-hydrogen) atoms. The molecule has 4 heteroatoms. The molecule has 1 saturated heterocycles. The molecule has 1 heterocycles. The molecule has 1 atom stereocenters. The van der Waals surface area contributed by atoms with Gasteiger partial charge in [0.25, 0.3) is 0 Å². The molecule has 0 bridgehead atoms. The highest BCUT2D eigenvalue weighted by molar-refractivity contribution is 5.89. The van der Waals surface area contributed by atoms with Crippen LogP contribution in [-0.2, 0) is 6.54 Å². The van der Waals surface area contributed by atoms with Gasteiger partial charge in [-0.25, -0.2) is 4.79 Å². The molecule has 2 aromatic carbocycles. The van der Waals surface area contributed by atoms with Crippen molar-refractivity contribution >= 4 is 11.7 Å². The first-order valence-electron chi connectivity index (χ1n) is 8.11. The van der Waals surface area contributed by atoms with Crippen LogP contribution in [0.5, 0.6) is 0 Å². The van der Waals surface area contributed by atoms with Gasteiger partial charge in [0.05, 0.1) is 0 Å². The zero-order chi connectivity index (χ0) is 16.1. The molecule has 3 rings (SSSR count). The Morgan fingerprint density at radius 1 is 1.04 bits per heavy atom. The number of carbonyl (C=O) groups is 1. The van der Waals surface area contributed by atoms with E-state index in [9.17, 15) is 4.79 Å². The summed E-state index contributed by atoms with van der Waals surface area (Å²) < 4.78 is 0. The summed E-state index contributed by atoms with van der Waals surface area (Å²) in [6, 6.07) is 20.5. The second kappa shape index (κ2) is 7.29. The van der Waals surface area contributed by atoms with Gasteiger partial charge >= 0.3 is 6.03 Å². The van der Waals surface area contributed by atoms with Crippen molar-refractivity contribution in [3.63, 3.8) is 0 Å². The fourth-order valence-electron chi connectivity index (χ4n) is 2.96. The van der Waals surface area contributed by atoms with Crippen LogP contribution in [-0.4, -0.2) is 41.5 Å². The van der Waals surface area contributed by atoms with E-state index in [4.69, 9.17) is 0 Å². The third-order valence-electron chi connectivity index (χ3n) is 4.31. The second-order valence-electron chi connectivity index (χ2n) is 6.05. The molecule has 1 fully saturated rings. The molecule has 0 aliphatic carbocycles. The number of nitrogens with zero attached hydrogens (tertiary/aromatic N) is 2. The average molecular weight is 309 g/mol. The number of hydrogen-bond donors (Lipinski definition) is 1. The number of benzene rings is 2. The van der Waals surface area contributed by atoms with Gasteiger partial charge in [-0.3, -0.25) is 4.90 Å². The van der Waals surface area contributed by atoms with E-state index in [0.717, 1.165) is 31.9 Å². The number of hydrogen-bond acceptors (Lipinski definition) is 2. The summed E-state index contributed by atoms with van der Waals surface area (Å²) in [7, 11) is 0.